The van der Waals surface area contributed by atoms with Crippen LogP contribution in [0.5, 0.6) is 0 Å². The van der Waals surface area contributed by atoms with Crippen LogP contribution in [0, 0.1) is 11.3 Å². The van der Waals surface area contributed by atoms with Crippen LogP contribution in [0.3, 0.4) is 0 Å². The van der Waals surface area contributed by atoms with Crippen LogP contribution in [0.25, 0.3) is 0 Å². The predicted molar refractivity (Wildman–Crippen MR) is 153 cm³/mol. The maximum Gasteiger partial charge on any atom is 0.418 e. The number of nitrogens with zero attached hydrogens (tertiary/aromatic N) is 1. The molecular weight excluding hydrogens is 585 g/mol. The Hall–Kier alpha value is -4.96. The molecule has 3 aromatic rings. The summed E-state index contributed by atoms with van der Waals surface area (Å²) in [6, 6.07) is 16.0. The van der Waals surface area contributed by atoms with E-state index in [1.165, 1.54) is 42.7 Å². The fourth-order valence-electron chi connectivity index (χ4n) is 4.33. The molecule has 1 atom stereocenters. The highest BCUT2D eigenvalue weighted by atomic mass is 32.2. The van der Waals surface area contributed by atoms with Gasteiger partial charge in [0.2, 0.25) is 5.91 Å². The molecular formula is C30H25F3N4O5S. The molecule has 0 saturated carbocycles. The van der Waals surface area contributed by atoms with Gasteiger partial charge in [-0.05, 0) is 62.4 Å². The molecule has 43 heavy (non-hydrogen) atoms. The first kappa shape index (κ1) is 31.0. The van der Waals surface area contributed by atoms with E-state index in [-0.39, 0.29) is 34.2 Å². The monoisotopic (exact) mass is 610 g/mol. The van der Waals surface area contributed by atoms with Crippen molar-refractivity contribution in [1.82, 2.24) is 5.32 Å². The van der Waals surface area contributed by atoms with Crippen molar-refractivity contribution in [3.8, 4) is 6.07 Å². The van der Waals surface area contributed by atoms with E-state index in [2.05, 4.69) is 22.0 Å². The first-order chi connectivity index (χ1) is 20.5. The molecule has 0 radical (unpaired) electrons. The molecule has 1 aliphatic heterocycles. The van der Waals surface area contributed by atoms with Gasteiger partial charge in [0.05, 0.1) is 63.6 Å². The number of hydrogen-bond acceptors (Lipinski definition) is 8. The summed E-state index contributed by atoms with van der Waals surface area (Å²) in [5.41, 5.74) is -0.0492. The van der Waals surface area contributed by atoms with Gasteiger partial charge in [0.1, 0.15) is 5.76 Å². The Balaban J connectivity index is 1.55. The topological polar surface area (TPSA) is 133 Å². The number of nitrogens with one attached hydrogen (secondary N) is 3. The number of hydrogen-bond donors (Lipinski definition) is 3. The molecule has 1 aromatic heterocycles. The maximum atomic E-state index is 13.5. The van der Waals surface area contributed by atoms with E-state index in [0.717, 1.165) is 23.9 Å². The quantitative estimate of drug-likeness (QED) is 0.245. The fourth-order valence-corrected chi connectivity index (χ4v) is 5.23. The number of nitriles is 1. The molecule has 0 fully saturated rings. The van der Waals surface area contributed by atoms with Crippen LogP contribution in [0.1, 0.15) is 41.4 Å². The first-order valence-electron chi connectivity index (χ1n) is 12.9. The van der Waals surface area contributed by atoms with Crippen molar-refractivity contribution in [1.29, 1.82) is 5.26 Å². The van der Waals surface area contributed by atoms with E-state index in [4.69, 9.17) is 9.15 Å². The largest absolute Gasteiger partial charge is 0.468 e. The molecule has 222 valence electrons. The number of benzene rings is 2. The minimum atomic E-state index is -4.66. The molecule has 9 nitrogen and oxygen atoms in total. The van der Waals surface area contributed by atoms with Crippen LogP contribution in [0.4, 0.5) is 24.5 Å². The third-order valence-corrected chi connectivity index (χ3v) is 7.25. The molecule has 2 heterocycles. The second kappa shape index (κ2) is 13.3. The molecule has 0 saturated heterocycles. The van der Waals surface area contributed by atoms with E-state index in [1.807, 2.05) is 0 Å². The zero-order valence-electron chi connectivity index (χ0n) is 22.9. The molecule has 0 bridgehead atoms. The van der Waals surface area contributed by atoms with Crippen molar-refractivity contribution >= 4 is 40.9 Å². The van der Waals surface area contributed by atoms with Crippen molar-refractivity contribution in [2.75, 3.05) is 23.0 Å². The van der Waals surface area contributed by atoms with Gasteiger partial charge in [-0.3, -0.25) is 9.59 Å². The fraction of sp³-hybridized carbons (Fsp3) is 0.200. The van der Waals surface area contributed by atoms with Crippen molar-refractivity contribution in [2.24, 2.45) is 0 Å². The number of anilines is 2. The molecule has 0 aliphatic carbocycles. The summed E-state index contributed by atoms with van der Waals surface area (Å²) in [7, 11) is 0. The maximum absolute atomic E-state index is 13.5. The van der Waals surface area contributed by atoms with E-state index in [0.29, 0.717) is 22.7 Å². The minimum Gasteiger partial charge on any atom is -0.468 e. The molecule has 4 rings (SSSR count). The number of allylic oxidation sites excluding steroid dienone is 2. The Labute approximate surface area is 248 Å². The number of carbonyl (C=O) groups is 3. The Morgan fingerprint density at radius 2 is 1.79 bits per heavy atom. The summed E-state index contributed by atoms with van der Waals surface area (Å²) in [5.74, 6) is -2.75. The van der Waals surface area contributed by atoms with E-state index in [9.17, 15) is 32.8 Å². The molecule has 2 amide bonds. The van der Waals surface area contributed by atoms with E-state index in [1.54, 1.807) is 26.0 Å². The second-order valence-corrected chi connectivity index (χ2v) is 10.1. The van der Waals surface area contributed by atoms with Gasteiger partial charge in [-0.25, -0.2) is 4.79 Å². The number of halogens is 3. The standard InChI is InChI=1S/C30H25F3N4O5S/c1-3-41-29(40)18-10-12-19(13-11-18)36-27(39)25-17(2)35-28(20(15-34)26(25)23-9-6-14-42-23)43-16-24(38)37-22-8-5-4-7-21(22)30(31,32)33/h4-14,26,35H,3,16H2,1-2H3,(H,36,39)(H,37,38)/t26-/m0/s1. The van der Waals surface area contributed by atoms with Gasteiger partial charge < -0.3 is 25.1 Å². The number of furan rings is 1. The van der Waals surface area contributed by atoms with Crippen molar-refractivity contribution in [2.45, 2.75) is 25.9 Å². The number of carbonyl (C=O) groups excluding carboxylic acids is 3. The number of para-hydroxylation sites is 1. The van der Waals surface area contributed by atoms with Gasteiger partial charge in [0.25, 0.3) is 5.91 Å². The number of esters is 1. The Morgan fingerprint density at radius 3 is 2.42 bits per heavy atom. The van der Waals surface area contributed by atoms with Crippen LogP contribution < -0.4 is 16.0 Å². The zero-order chi connectivity index (χ0) is 31.1. The number of thioether (sulfide) groups is 1. The minimum absolute atomic E-state index is 0.0804. The van der Waals surface area contributed by atoms with Crippen LogP contribution in [-0.2, 0) is 20.5 Å². The van der Waals surface area contributed by atoms with Gasteiger partial charge in [-0.15, -0.1) is 0 Å². The lowest BCUT2D eigenvalue weighted by atomic mass is 9.85. The normalized spacial score (nSPS) is 14.9. The first-order valence-corrected chi connectivity index (χ1v) is 13.8. The van der Waals surface area contributed by atoms with E-state index < -0.39 is 35.4 Å². The van der Waals surface area contributed by atoms with Gasteiger partial charge in [0.15, 0.2) is 0 Å². The summed E-state index contributed by atoms with van der Waals surface area (Å²) in [6.07, 6.45) is -3.26. The number of amides is 2. The summed E-state index contributed by atoms with van der Waals surface area (Å²) >= 11 is 0.903. The zero-order valence-corrected chi connectivity index (χ0v) is 23.7. The number of ether oxygens (including phenoxy) is 1. The van der Waals surface area contributed by atoms with Gasteiger partial charge in [-0.1, -0.05) is 23.9 Å². The molecule has 0 spiro atoms. The average molecular weight is 611 g/mol. The van der Waals surface area contributed by atoms with Crippen molar-refractivity contribution in [3.05, 3.63) is 106 Å². The summed E-state index contributed by atoms with van der Waals surface area (Å²) < 4.78 is 50.6. The summed E-state index contributed by atoms with van der Waals surface area (Å²) in [4.78, 5) is 38.1. The lowest BCUT2D eigenvalue weighted by Gasteiger charge is -2.28. The van der Waals surface area contributed by atoms with Crippen LogP contribution in [0.2, 0.25) is 0 Å². The number of rotatable bonds is 9. The lowest BCUT2D eigenvalue weighted by Crippen LogP contribution is -2.31. The smallest absolute Gasteiger partial charge is 0.418 e. The molecule has 13 heteroatoms. The Kier molecular flexibility index (Phi) is 9.62. The lowest BCUT2D eigenvalue weighted by molar-refractivity contribution is -0.137. The second-order valence-electron chi connectivity index (χ2n) is 9.10. The molecule has 2 aromatic carbocycles. The average Bonchev–Trinajstić information content (AvgIpc) is 3.50. The van der Waals surface area contributed by atoms with E-state index >= 15 is 0 Å². The van der Waals surface area contributed by atoms with Crippen molar-refractivity contribution < 1.29 is 36.7 Å². The van der Waals surface area contributed by atoms with Crippen LogP contribution >= 0.6 is 11.8 Å². The highest BCUT2D eigenvalue weighted by molar-refractivity contribution is 8.03. The van der Waals surface area contributed by atoms with Crippen LogP contribution in [0.15, 0.2) is 93.2 Å². The molecule has 0 unspecified atom stereocenters. The SMILES string of the molecule is CCOC(=O)c1ccc(NC(=O)C2=C(C)NC(SCC(=O)Nc3ccccc3C(F)(F)F)=C(C#N)[C@H]2c2ccco2)cc1. The highest BCUT2D eigenvalue weighted by Crippen LogP contribution is 2.41. The van der Waals surface area contributed by atoms with Crippen LogP contribution in [-0.4, -0.2) is 30.1 Å². The third kappa shape index (κ3) is 7.28. The number of dihydropyridines is 1. The third-order valence-electron chi connectivity index (χ3n) is 6.23. The number of alkyl halides is 3. The Bertz CT molecular complexity index is 1620. The predicted octanol–water partition coefficient (Wildman–Crippen LogP) is 6.18. The molecule has 1 aliphatic rings. The van der Waals surface area contributed by atoms with Gasteiger partial charge in [-0.2, -0.15) is 18.4 Å². The molecule has 3 N–H and O–H groups in total. The highest BCUT2D eigenvalue weighted by Gasteiger charge is 2.37. The van der Waals surface area contributed by atoms with Crippen molar-refractivity contribution in [3.63, 3.8) is 0 Å². The Morgan fingerprint density at radius 1 is 1.07 bits per heavy atom. The summed E-state index contributed by atoms with van der Waals surface area (Å²) in [5, 5.41) is 18.4. The van der Waals surface area contributed by atoms with Gasteiger partial charge in [0, 0.05) is 11.4 Å². The van der Waals surface area contributed by atoms with Gasteiger partial charge >= 0.3 is 12.1 Å². The summed E-state index contributed by atoms with van der Waals surface area (Å²) in [6.45, 7) is 3.53.